The molecule has 3 saturated heterocycles. The molecule has 6 aromatic rings. The van der Waals surface area contributed by atoms with Crippen LogP contribution in [0.1, 0.15) is 80.0 Å². The Hall–Kier alpha value is -6.44. The first-order chi connectivity index (χ1) is 41.4. The van der Waals surface area contributed by atoms with E-state index < -0.39 is 42.1 Å². The Morgan fingerprint density at radius 3 is 1.22 bits per heavy atom. The fourth-order valence-corrected chi connectivity index (χ4v) is 11.7. The lowest BCUT2D eigenvalue weighted by Crippen LogP contribution is -2.45. The maximum Gasteiger partial charge on any atom is 0.329 e. The highest BCUT2D eigenvalue weighted by Gasteiger charge is 2.42. The Balaban J connectivity index is 0.000000187. The first kappa shape index (κ1) is 68.1. The monoisotopic (exact) mass is 1360 g/mol. The van der Waals surface area contributed by atoms with E-state index in [0.717, 1.165) is 37.0 Å². The van der Waals surface area contributed by atoms with E-state index in [-0.39, 0.29) is 72.7 Å². The number of urea groups is 3. The second kappa shape index (κ2) is 31.6. The number of hydrogen-bond acceptors (Lipinski definition) is 10. The summed E-state index contributed by atoms with van der Waals surface area (Å²) in [6.07, 6.45) is 3.04. The Kier molecular flexibility index (Phi) is 24.8. The van der Waals surface area contributed by atoms with Crippen LogP contribution in [0.5, 0.6) is 5.75 Å². The first-order valence-electron chi connectivity index (χ1n) is 27.1. The van der Waals surface area contributed by atoms with Crippen LogP contribution in [0.2, 0.25) is 45.2 Å². The molecule has 25 heteroatoms. The number of Topliss-reactive ketones (excluding diaryl/α,β-unsaturated/α-hetero) is 3. The van der Waals surface area contributed by atoms with Crippen LogP contribution >= 0.6 is 104 Å². The lowest BCUT2D eigenvalue weighted by atomic mass is 10.0. The number of ketones is 3. The highest BCUT2D eigenvalue weighted by Crippen LogP contribution is 2.32. The van der Waals surface area contributed by atoms with E-state index in [2.05, 4.69) is 16.0 Å². The van der Waals surface area contributed by atoms with Crippen molar-refractivity contribution in [1.82, 2.24) is 14.7 Å². The second-order valence-electron chi connectivity index (χ2n) is 20.1. The molecular formula is C62H55Cl9N6O10. The first-order valence-corrected chi connectivity index (χ1v) is 30.5. The number of nitrogens with one attached hydrogen (secondary N) is 3. The fraction of sp³-hybridized carbons (Fsp3) is 0.274. The number of amides is 9. The molecule has 0 unspecified atom stereocenters. The third kappa shape index (κ3) is 18.3. The summed E-state index contributed by atoms with van der Waals surface area (Å²) in [7, 11) is 1.56. The van der Waals surface area contributed by atoms with Crippen molar-refractivity contribution in [1.29, 1.82) is 0 Å². The van der Waals surface area contributed by atoms with Crippen molar-refractivity contribution >= 4 is 175 Å². The molecule has 0 aromatic heterocycles. The second-order valence-corrected chi connectivity index (χ2v) is 23.9. The average Bonchev–Trinajstić information content (AvgIpc) is 2.71. The van der Waals surface area contributed by atoms with Gasteiger partial charge in [0.25, 0.3) is 0 Å². The number of carbonyl (C=O) groups excluding carboxylic acids is 9. The van der Waals surface area contributed by atoms with Crippen molar-refractivity contribution in [2.24, 2.45) is 0 Å². The van der Waals surface area contributed by atoms with Crippen molar-refractivity contribution in [2.75, 3.05) is 23.1 Å². The number of rotatable bonds is 16. The van der Waals surface area contributed by atoms with Gasteiger partial charge in [-0.25, -0.2) is 14.4 Å². The van der Waals surface area contributed by atoms with Gasteiger partial charge < -0.3 is 20.7 Å². The number of benzene rings is 6. The van der Waals surface area contributed by atoms with Crippen LogP contribution in [0.15, 0.2) is 115 Å². The van der Waals surface area contributed by atoms with Gasteiger partial charge in [-0.05, 0) is 153 Å². The molecule has 16 nitrogen and oxygen atoms in total. The van der Waals surface area contributed by atoms with Gasteiger partial charge in [-0.2, -0.15) is 0 Å². The number of para-hydroxylation sites is 1. The fourth-order valence-electron chi connectivity index (χ4n) is 9.75. The summed E-state index contributed by atoms with van der Waals surface area (Å²) in [5, 5.41) is 11.9. The number of imide groups is 3. The van der Waals surface area contributed by atoms with E-state index in [4.69, 9.17) is 109 Å². The molecule has 3 fully saturated rings. The molecule has 3 N–H and O–H groups in total. The van der Waals surface area contributed by atoms with Crippen LogP contribution in [-0.2, 0) is 48.0 Å². The number of methoxy groups -OCH3 is 1. The van der Waals surface area contributed by atoms with E-state index in [1.165, 1.54) is 12.1 Å². The van der Waals surface area contributed by atoms with Crippen LogP contribution in [0.25, 0.3) is 0 Å². The molecule has 0 bridgehead atoms. The lowest BCUT2D eigenvalue weighted by molar-refractivity contribution is -0.131. The number of ether oxygens (including phenoxy) is 1. The Morgan fingerprint density at radius 1 is 0.437 bits per heavy atom. The number of anilines is 3. The zero-order valence-corrected chi connectivity index (χ0v) is 53.3. The molecule has 87 heavy (non-hydrogen) atoms. The quantitative estimate of drug-likeness (QED) is 0.0835. The Bertz CT molecular complexity index is 3650. The maximum absolute atomic E-state index is 12.8. The zero-order valence-electron chi connectivity index (χ0n) is 46.5. The van der Waals surface area contributed by atoms with Crippen molar-refractivity contribution in [3.05, 3.63) is 183 Å². The van der Waals surface area contributed by atoms with Crippen molar-refractivity contribution < 1.29 is 47.9 Å². The lowest BCUT2D eigenvalue weighted by Gasteiger charge is -2.23. The molecule has 0 spiro atoms. The molecule has 0 aliphatic carbocycles. The minimum atomic E-state index is -0.809. The van der Waals surface area contributed by atoms with E-state index in [1.807, 2.05) is 6.92 Å². The molecule has 9 rings (SSSR count). The van der Waals surface area contributed by atoms with Gasteiger partial charge in [-0.3, -0.25) is 43.5 Å². The van der Waals surface area contributed by atoms with Crippen LogP contribution in [0.3, 0.4) is 0 Å². The van der Waals surface area contributed by atoms with Gasteiger partial charge in [-0.1, -0.05) is 135 Å². The Morgan fingerprint density at radius 2 is 0.839 bits per heavy atom. The minimum absolute atomic E-state index is 0.132. The molecule has 3 aliphatic heterocycles. The third-order valence-electron chi connectivity index (χ3n) is 14.3. The van der Waals surface area contributed by atoms with Crippen molar-refractivity contribution in [3.63, 3.8) is 0 Å². The number of likely N-dealkylation sites (tertiary alicyclic amines) is 3. The smallest absolute Gasteiger partial charge is 0.329 e. The predicted octanol–water partition coefficient (Wildman–Crippen LogP) is 16.4. The number of carbonyl (C=O) groups is 9. The molecular weight excluding hydrogens is 1310 g/mol. The van der Waals surface area contributed by atoms with Gasteiger partial charge in [0.15, 0.2) is 17.3 Å². The van der Waals surface area contributed by atoms with E-state index in [1.54, 1.807) is 110 Å². The van der Waals surface area contributed by atoms with Gasteiger partial charge in [-0.15, -0.1) is 0 Å². The summed E-state index contributed by atoms with van der Waals surface area (Å²) in [5.41, 5.74) is 4.46. The molecule has 0 saturated carbocycles. The summed E-state index contributed by atoms with van der Waals surface area (Å²) >= 11 is 54.0. The topological polar surface area (TPSA) is 209 Å². The zero-order chi connectivity index (χ0) is 63.2. The predicted molar refractivity (Wildman–Crippen MR) is 342 cm³/mol. The minimum Gasteiger partial charge on any atom is -0.497 e. The summed E-state index contributed by atoms with van der Waals surface area (Å²) in [6.45, 7) is 1.82. The molecule has 6 aromatic carbocycles. The Labute approximate surface area is 546 Å². The number of nitrogens with zero attached hydrogens (tertiary/aromatic N) is 3. The summed E-state index contributed by atoms with van der Waals surface area (Å²) in [6, 6.07) is 27.4. The third-order valence-corrected chi connectivity index (χ3v) is 17.2. The number of aryl methyl sites for hydroxylation is 4. The van der Waals surface area contributed by atoms with E-state index in [0.29, 0.717) is 102 Å². The van der Waals surface area contributed by atoms with E-state index in [9.17, 15) is 43.2 Å². The SMILES string of the molecule is COc1ccc(NC(=O)N2C(=O)CC[C@H]2C(=O)CCc2ccc(Cl)cc2Cl)c(C)c1.O=C(CCc1ccc(Cl)cc1Cl)[C@@H]1CCC(=O)N1C(=O)Nc1ccc(Cl)c(Cl)c1.O=C(CCc1ccc(Cl)cc1Cl)[C@@H]1CCC(=O)N1C(=O)Nc1ccccc1Cl. The van der Waals surface area contributed by atoms with Crippen molar-refractivity contribution in [2.45, 2.75) is 102 Å². The van der Waals surface area contributed by atoms with Crippen LogP contribution in [-0.4, -0.2) is 93.1 Å². The molecule has 9 amide bonds. The van der Waals surface area contributed by atoms with Gasteiger partial charge in [0.05, 0.1) is 27.9 Å². The van der Waals surface area contributed by atoms with Crippen LogP contribution < -0.4 is 20.7 Å². The molecule has 3 aliphatic rings. The van der Waals surface area contributed by atoms with Gasteiger partial charge in [0.1, 0.15) is 23.9 Å². The largest absolute Gasteiger partial charge is 0.497 e. The highest BCUT2D eigenvalue weighted by molar-refractivity contribution is 6.42. The molecule has 456 valence electrons. The summed E-state index contributed by atoms with van der Waals surface area (Å²) in [4.78, 5) is 116. The maximum atomic E-state index is 12.8. The molecule has 3 heterocycles. The van der Waals surface area contributed by atoms with Gasteiger partial charge in [0.2, 0.25) is 17.7 Å². The molecule has 0 radical (unpaired) electrons. The normalized spacial score (nSPS) is 16.1. The van der Waals surface area contributed by atoms with Gasteiger partial charge >= 0.3 is 18.1 Å². The summed E-state index contributed by atoms with van der Waals surface area (Å²) < 4.78 is 5.16. The standard InChI is InChI=1S/C22H22Cl2N2O4.C20H16Cl4N2O3.C20H17Cl3N2O3/c1-13-11-16(30-2)6-7-18(13)25-22(29)26-19(8-10-21(26)28)20(27)9-4-14-3-5-15(23)12-17(14)24;21-12-3-1-11(15(23)9-12)2-7-18(27)17-6-8-19(28)26(17)20(29)25-13-4-5-14(22)16(24)10-13;21-13-7-5-12(15(23)11-13)6-9-18(26)17-8-10-19(27)25(17)20(28)24-16-4-2-1-3-14(16)22/h3,5-7,11-12,19H,4,8-10H2,1-2H3,(H,25,29);1,3-5,9-10,17H,2,6-8H2,(H,25,29);1-5,7,11,17H,6,8-10H2,(H,24,28)/t19-;2*17-/m000/s1. The number of halogens is 9. The van der Waals surface area contributed by atoms with Crippen molar-refractivity contribution in [3.8, 4) is 5.75 Å². The van der Waals surface area contributed by atoms with Crippen LogP contribution in [0.4, 0.5) is 31.4 Å². The highest BCUT2D eigenvalue weighted by atomic mass is 35.5. The average molecular weight is 1360 g/mol. The summed E-state index contributed by atoms with van der Waals surface area (Å²) in [5.74, 6) is -1.04. The molecule has 3 atom stereocenters. The van der Waals surface area contributed by atoms with Gasteiger partial charge in [0, 0.05) is 80.0 Å². The van der Waals surface area contributed by atoms with E-state index >= 15 is 0 Å². The van der Waals surface area contributed by atoms with Crippen LogP contribution in [0, 0.1) is 6.92 Å². The number of hydrogen-bond donors (Lipinski definition) is 3.